The Bertz CT molecular complexity index is 296. The lowest BCUT2D eigenvalue weighted by molar-refractivity contribution is 0.00188. The van der Waals surface area contributed by atoms with Crippen molar-refractivity contribution in [2.75, 3.05) is 60.0 Å². The molecule has 5 heteroatoms. The zero-order chi connectivity index (χ0) is 19.8. The highest BCUT2D eigenvalue weighted by Crippen LogP contribution is 2.10. The summed E-state index contributed by atoms with van der Waals surface area (Å²) in [6, 6.07) is 0. The van der Waals surface area contributed by atoms with E-state index >= 15 is 0 Å². The summed E-state index contributed by atoms with van der Waals surface area (Å²) in [5.74, 6) is 0.703. The molecule has 0 aliphatic heterocycles. The van der Waals surface area contributed by atoms with Crippen LogP contribution in [0, 0.1) is 0 Å². The number of hydrogen-bond donors (Lipinski definition) is 0. The number of methoxy groups -OCH3 is 1. The van der Waals surface area contributed by atoms with Gasteiger partial charge < -0.3 is 23.7 Å². The first-order valence-electron chi connectivity index (χ1n) is 10.8. The first kappa shape index (κ1) is 26.4. The average Bonchev–Trinajstić information content (AvgIpc) is 2.67. The fourth-order valence-electron chi connectivity index (χ4n) is 2.62. The molecule has 0 unspecified atom stereocenters. The molecule has 0 aromatic heterocycles. The van der Waals surface area contributed by atoms with Gasteiger partial charge in [0.1, 0.15) is 12.4 Å². The van der Waals surface area contributed by atoms with E-state index in [1.165, 1.54) is 57.8 Å². The van der Waals surface area contributed by atoms with Gasteiger partial charge in [-0.2, -0.15) is 0 Å². The fraction of sp³-hybridized carbons (Fsp3) is 0.909. The maximum absolute atomic E-state index is 5.60. The van der Waals surface area contributed by atoms with E-state index in [0.29, 0.717) is 52.0 Å². The molecule has 0 aliphatic rings. The van der Waals surface area contributed by atoms with E-state index < -0.39 is 0 Å². The SMILES string of the molecule is C=C(COCCOCCOCCOC)OCCCCCCCCCCCC. The molecule has 5 nitrogen and oxygen atoms in total. The van der Waals surface area contributed by atoms with Crippen molar-refractivity contribution in [2.45, 2.75) is 71.1 Å². The monoisotopic (exact) mass is 388 g/mol. The largest absolute Gasteiger partial charge is 0.496 e. The van der Waals surface area contributed by atoms with Gasteiger partial charge in [-0.15, -0.1) is 0 Å². The summed E-state index contributed by atoms with van der Waals surface area (Å²) in [6.45, 7) is 10.8. The number of ether oxygens (including phenoxy) is 5. The molecule has 0 aromatic rings. The Morgan fingerprint density at radius 3 is 1.63 bits per heavy atom. The third kappa shape index (κ3) is 23.3. The summed E-state index contributed by atoms with van der Waals surface area (Å²) in [5.41, 5.74) is 0. The molecular formula is C22H44O5. The number of rotatable bonds is 23. The van der Waals surface area contributed by atoms with Crippen molar-refractivity contribution >= 4 is 0 Å². The predicted octanol–water partition coefficient (Wildman–Crippen LogP) is 5.13. The lowest BCUT2D eigenvalue weighted by Crippen LogP contribution is -2.12. The normalized spacial score (nSPS) is 11.0. The van der Waals surface area contributed by atoms with E-state index in [9.17, 15) is 0 Å². The Hall–Kier alpha value is -0.620. The summed E-state index contributed by atoms with van der Waals surface area (Å²) in [7, 11) is 1.66. The van der Waals surface area contributed by atoms with Gasteiger partial charge in [-0.1, -0.05) is 71.3 Å². The van der Waals surface area contributed by atoms with Gasteiger partial charge in [-0.3, -0.25) is 0 Å². The molecule has 0 atom stereocenters. The van der Waals surface area contributed by atoms with Crippen LogP contribution in [-0.2, 0) is 23.7 Å². The summed E-state index contributed by atoms with van der Waals surface area (Å²) in [4.78, 5) is 0. The Morgan fingerprint density at radius 2 is 1.07 bits per heavy atom. The van der Waals surface area contributed by atoms with E-state index in [1.807, 2.05) is 0 Å². The van der Waals surface area contributed by atoms with Crippen molar-refractivity contribution in [3.63, 3.8) is 0 Å². The fourth-order valence-corrected chi connectivity index (χ4v) is 2.62. The lowest BCUT2D eigenvalue weighted by Gasteiger charge is -2.10. The van der Waals surface area contributed by atoms with Crippen LogP contribution in [0.3, 0.4) is 0 Å². The van der Waals surface area contributed by atoms with E-state index in [4.69, 9.17) is 23.7 Å². The molecule has 0 heterocycles. The van der Waals surface area contributed by atoms with Crippen LogP contribution in [-0.4, -0.2) is 60.0 Å². The molecule has 0 aliphatic carbocycles. The smallest absolute Gasteiger partial charge is 0.114 e. The maximum Gasteiger partial charge on any atom is 0.114 e. The second kappa shape index (κ2) is 23.4. The Kier molecular flexibility index (Phi) is 22.9. The predicted molar refractivity (Wildman–Crippen MR) is 111 cm³/mol. The van der Waals surface area contributed by atoms with Gasteiger partial charge in [-0.05, 0) is 6.42 Å². The van der Waals surface area contributed by atoms with Crippen molar-refractivity contribution in [3.8, 4) is 0 Å². The average molecular weight is 389 g/mol. The van der Waals surface area contributed by atoms with Crippen molar-refractivity contribution in [1.82, 2.24) is 0 Å². The van der Waals surface area contributed by atoms with Crippen LogP contribution in [0.4, 0.5) is 0 Å². The van der Waals surface area contributed by atoms with Crippen LogP contribution in [0.1, 0.15) is 71.1 Å². The van der Waals surface area contributed by atoms with Crippen LogP contribution in [0.2, 0.25) is 0 Å². The number of hydrogen-bond acceptors (Lipinski definition) is 5. The molecule has 0 radical (unpaired) electrons. The Balaban J connectivity index is 3.13. The minimum absolute atomic E-state index is 0.436. The third-order valence-electron chi connectivity index (χ3n) is 4.24. The highest BCUT2D eigenvalue weighted by Gasteiger charge is 1.98. The van der Waals surface area contributed by atoms with E-state index in [-0.39, 0.29) is 0 Å². The summed E-state index contributed by atoms with van der Waals surface area (Å²) >= 11 is 0. The molecule has 0 bridgehead atoms. The molecule has 27 heavy (non-hydrogen) atoms. The molecule has 0 aromatic carbocycles. The Labute approximate surface area is 167 Å². The maximum atomic E-state index is 5.60. The summed E-state index contributed by atoms with van der Waals surface area (Å²) in [6.07, 6.45) is 13.3. The zero-order valence-corrected chi connectivity index (χ0v) is 18.0. The molecule has 0 N–H and O–H groups in total. The van der Waals surface area contributed by atoms with Gasteiger partial charge >= 0.3 is 0 Å². The zero-order valence-electron chi connectivity index (χ0n) is 18.0. The van der Waals surface area contributed by atoms with Crippen LogP contribution in [0.5, 0.6) is 0 Å². The highest BCUT2D eigenvalue weighted by molar-refractivity contribution is 4.81. The lowest BCUT2D eigenvalue weighted by atomic mass is 10.1. The van der Waals surface area contributed by atoms with E-state index in [0.717, 1.165) is 13.0 Å². The van der Waals surface area contributed by atoms with Crippen LogP contribution in [0.25, 0.3) is 0 Å². The molecule has 0 saturated carbocycles. The minimum atomic E-state index is 0.436. The molecule has 0 fully saturated rings. The van der Waals surface area contributed by atoms with Crippen LogP contribution < -0.4 is 0 Å². The van der Waals surface area contributed by atoms with Crippen molar-refractivity contribution in [3.05, 3.63) is 12.3 Å². The second-order valence-corrected chi connectivity index (χ2v) is 6.84. The van der Waals surface area contributed by atoms with Gasteiger partial charge in [0.05, 0.1) is 46.2 Å². The first-order valence-corrected chi connectivity index (χ1v) is 10.8. The van der Waals surface area contributed by atoms with Gasteiger partial charge in [-0.25, -0.2) is 0 Å². The topological polar surface area (TPSA) is 46.2 Å². The highest BCUT2D eigenvalue weighted by atomic mass is 16.6. The summed E-state index contributed by atoms with van der Waals surface area (Å²) in [5, 5.41) is 0. The van der Waals surface area contributed by atoms with Crippen molar-refractivity contribution in [1.29, 1.82) is 0 Å². The quantitative estimate of drug-likeness (QED) is 0.179. The molecule has 0 rings (SSSR count). The summed E-state index contributed by atoms with van der Waals surface area (Å²) < 4.78 is 26.7. The second-order valence-electron chi connectivity index (χ2n) is 6.84. The van der Waals surface area contributed by atoms with Crippen molar-refractivity contribution in [2.24, 2.45) is 0 Å². The molecule has 0 spiro atoms. The molecular weight excluding hydrogens is 344 g/mol. The standard InChI is InChI=1S/C22H44O5/c1-4-5-6-7-8-9-10-11-12-13-14-27-22(2)21-26-20-19-25-18-17-24-16-15-23-3/h2,4-21H2,1,3H3. The Morgan fingerprint density at radius 1 is 0.593 bits per heavy atom. The third-order valence-corrected chi connectivity index (χ3v) is 4.24. The van der Waals surface area contributed by atoms with E-state index in [1.54, 1.807) is 7.11 Å². The van der Waals surface area contributed by atoms with Crippen molar-refractivity contribution < 1.29 is 23.7 Å². The first-order chi connectivity index (χ1) is 13.3. The van der Waals surface area contributed by atoms with Gasteiger partial charge in [0, 0.05) is 7.11 Å². The van der Waals surface area contributed by atoms with Crippen LogP contribution >= 0.6 is 0 Å². The molecule has 162 valence electrons. The van der Waals surface area contributed by atoms with Gasteiger partial charge in [0.2, 0.25) is 0 Å². The van der Waals surface area contributed by atoms with E-state index in [2.05, 4.69) is 13.5 Å². The van der Waals surface area contributed by atoms with Crippen LogP contribution in [0.15, 0.2) is 12.3 Å². The van der Waals surface area contributed by atoms with Gasteiger partial charge in [0.15, 0.2) is 0 Å². The molecule has 0 saturated heterocycles. The number of unbranched alkanes of at least 4 members (excludes halogenated alkanes) is 9. The van der Waals surface area contributed by atoms with Gasteiger partial charge in [0.25, 0.3) is 0 Å². The molecule has 0 amide bonds. The minimum Gasteiger partial charge on any atom is -0.496 e.